The quantitative estimate of drug-likeness (QED) is 0.0786. The Bertz CT molecular complexity index is 746. The third kappa shape index (κ3) is 4.70. The van der Waals surface area contributed by atoms with Crippen LogP contribution in [0.1, 0.15) is 0 Å². The number of carbonyl (C=O) groups is 9. The molecular formula is C15H15O18P. The predicted octanol–water partition coefficient (Wildman–Crippen LogP) is -2.81. The molecule has 0 spiro atoms. The number of carboxylic acid groups (broad SMARTS) is 9. The summed E-state index contributed by atoms with van der Waals surface area (Å²) in [6, 6.07) is 0. The fourth-order valence-electron chi connectivity index (χ4n) is 2.61. The molecule has 19 heteroatoms. The van der Waals surface area contributed by atoms with Crippen molar-refractivity contribution in [2.75, 3.05) is 18.5 Å². The molecule has 0 heterocycles. The maximum atomic E-state index is 11.5. The van der Waals surface area contributed by atoms with Gasteiger partial charge in [-0.3, -0.25) is 43.2 Å². The van der Waals surface area contributed by atoms with E-state index in [0.717, 1.165) is 0 Å². The number of carboxylic acids is 9. The van der Waals surface area contributed by atoms with Crippen molar-refractivity contribution in [2.45, 2.75) is 0 Å². The lowest BCUT2D eigenvalue weighted by Crippen LogP contribution is -2.54. The number of hydrogen-bond donors (Lipinski definition) is 9. The highest BCUT2D eigenvalue weighted by Gasteiger charge is 2.63. The van der Waals surface area contributed by atoms with Crippen molar-refractivity contribution in [3.63, 3.8) is 0 Å². The Kier molecular flexibility index (Phi) is 8.79. The maximum absolute atomic E-state index is 11.5. The van der Waals surface area contributed by atoms with Crippen LogP contribution in [0.3, 0.4) is 0 Å². The van der Waals surface area contributed by atoms with Gasteiger partial charge in [0.1, 0.15) is 0 Å². The second-order valence-corrected chi connectivity index (χ2v) is 8.90. The molecule has 0 radical (unpaired) electrons. The molecule has 0 aliphatic rings. The first kappa shape index (κ1) is 29.7. The van der Waals surface area contributed by atoms with Crippen molar-refractivity contribution in [3.05, 3.63) is 0 Å². The van der Waals surface area contributed by atoms with Crippen LogP contribution < -0.4 is 0 Å². The van der Waals surface area contributed by atoms with E-state index >= 15 is 0 Å². The minimum atomic E-state index is -3.99. The minimum absolute atomic E-state index is 1.94. The summed E-state index contributed by atoms with van der Waals surface area (Å²) in [5.41, 5.74) is -12.0. The lowest BCUT2D eigenvalue weighted by Gasteiger charge is -2.33. The lowest BCUT2D eigenvalue weighted by atomic mass is 9.90. The van der Waals surface area contributed by atoms with Crippen LogP contribution in [0.4, 0.5) is 0 Å². The van der Waals surface area contributed by atoms with Crippen molar-refractivity contribution in [1.82, 2.24) is 0 Å². The Balaban J connectivity index is 7.31. The van der Waals surface area contributed by atoms with E-state index < -0.39 is 96.4 Å². The number of aliphatic carboxylic acids is 9. The molecule has 0 fully saturated rings. The molecule has 0 rings (SSSR count). The van der Waals surface area contributed by atoms with Crippen LogP contribution in [-0.4, -0.2) is 118 Å². The monoisotopic (exact) mass is 514 g/mol. The summed E-state index contributed by atoms with van der Waals surface area (Å²) in [5, 5.41) is 82.9. The second-order valence-electron chi connectivity index (χ2n) is 6.61. The first-order chi connectivity index (χ1) is 15.3. The van der Waals surface area contributed by atoms with Crippen molar-refractivity contribution in [1.29, 1.82) is 0 Å². The fourth-order valence-corrected chi connectivity index (χ4v) is 6.17. The summed E-state index contributed by atoms with van der Waals surface area (Å²) < 4.78 is 0. The van der Waals surface area contributed by atoms with Crippen LogP contribution in [-0.2, 0) is 43.2 Å². The van der Waals surface area contributed by atoms with E-state index in [9.17, 15) is 89.1 Å². The highest BCUT2D eigenvalue weighted by molar-refractivity contribution is 7.58. The molecule has 0 aliphatic heterocycles. The van der Waals surface area contributed by atoms with E-state index in [1.165, 1.54) is 0 Å². The Morgan fingerprint density at radius 1 is 0.353 bits per heavy atom. The van der Waals surface area contributed by atoms with Gasteiger partial charge in [0, 0.05) is 18.5 Å². The van der Waals surface area contributed by atoms with Crippen LogP contribution in [0, 0.1) is 16.2 Å². The summed E-state index contributed by atoms with van der Waals surface area (Å²) in [7, 11) is -3.54. The summed E-state index contributed by atoms with van der Waals surface area (Å²) in [4.78, 5) is 104. The number of rotatable bonds is 15. The van der Waals surface area contributed by atoms with Gasteiger partial charge in [-0.25, -0.2) is 0 Å². The van der Waals surface area contributed by atoms with Gasteiger partial charge in [0.15, 0.2) is 0 Å². The number of hydrogen-bond acceptors (Lipinski definition) is 9. The van der Waals surface area contributed by atoms with E-state index in [0.29, 0.717) is 0 Å². The van der Waals surface area contributed by atoms with Gasteiger partial charge in [0.2, 0.25) is 0 Å². The van der Waals surface area contributed by atoms with Crippen molar-refractivity contribution in [3.8, 4) is 0 Å². The van der Waals surface area contributed by atoms with Crippen LogP contribution >= 0.6 is 7.92 Å². The maximum Gasteiger partial charge on any atom is 0.333 e. The van der Waals surface area contributed by atoms with E-state index in [1.807, 2.05) is 0 Å². The van der Waals surface area contributed by atoms with E-state index in [2.05, 4.69) is 0 Å². The Morgan fingerprint density at radius 3 is 0.559 bits per heavy atom. The van der Waals surface area contributed by atoms with E-state index in [1.54, 1.807) is 0 Å². The van der Waals surface area contributed by atoms with E-state index in [-0.39, 0.29) is 0 Å². The van der Waals surface area contributed by atoms with Crippen LogP contribution in [0.15, 0.2) is 0 Å². The first-order valence-electron chi connectivity index (χ1n) is 8.11. The molecule has 0 aromatic heterocycles. The summed E-state index contributed by atoms with van der Waals surface area (Å²) in [6.45, 7) is 0. The largest absolute Gasteiger partial charge is 0.480 e. The molecule has 0 aromatic carbocycles. The Hall–Kier alpha value is -4.34. The molecular weight excluding hydrogens is 499 g/mol. The van der Waals surface area contributed by atoms with Crippen LogP contribution in [0.5, 0.6) is 0 Å². The van der Waals surface area contributed by atoms with Crippen molar-refractivity contribution in [2.24, 2.45) is 16.2 Å². The zero-order valence-electron chi connectivity index (χ0n) is 16.3. The summed E-state index contributed by atoms with van der Waals surface area (Å²) >= 11 is 0. The SMILES string of the molecule is O=C(O)C(CP(CC(C(=O)O)(C(=O)O)C(=O)O)CC(C(=O)O)(C(=O)O)C(=O)O)(C(=O)O)C(=O)O. The molecule has 9 N–H and O–H groups in total. The zero-order chi connectivity index (χ0) is 27.4. The van der Waals surface area contributed by atoms with Crippen molar-refractivity contribution >= 4 is 61.6 Å². The topological polar surface area (TPSA) is 336 Å². The highest BCUT2D eigenvalue weighted by atomic mass is 31.1. The summed E-state index contributed by atoms with van der Waals surface area (Å²) in [5.74, 6) is -24.0. The molecule has 0 amide bonds. The zero-order valence-corrected chi connectivity index (χ0v) is 17.2. The van der Waals surface area contributed by atoms with Gasteiger partial charge in [-0.1, -0.05) is 7.92 Å². The molecule has 0 aliphatic carbocycles. The fraction of sp³-hybridized carbons (Fsp3) is 0.400. The van der Waals surface area contributed by atoms with Gasteiger partial charge in [-0.05, 0) is 0 Å². The average molecular weight is 514 g/mol. The molecule has 0 saturated carbocycles. The highest BCUT2D eigenvalue weighted by Crippen LogP contribution is 2.51. The van der Waals surface area contributed by atoms with Crippen LogP contribution in [0.25, 0.3) is 0 Å². The van der Waals surface area contributed by atoms with Crippen molar-refractivity contribution < 1.29 is 89.1 Å². The smallest absolute Gasteiger partial charge is 0.333 e. The molecule has 0 unspecified atom stereocenters. The van der Waals surface area contributed by atoms with Gasteiger partial charge < -0.3 is 46.0 Å². The lowest BCUT2D eigenvalue weighted by molar-refractivity contribution is -0.175. The normalized spacial score (nSPS) is 11.9. The predicted molar refractivity (Wildman–Crippen MR) is 97.5 cm³/mol. The van der Waals surface area contributed by atoms with E-state index in [4.69, 9.17) is 0 Å². The molecule has 18 nitrogen and oxygen atoms in total. The Morgan fingerprint density at radius 2 is 0.471 bits per heavy atom. The van der Waals surface area contributed by atoms with Gasteiger partial charge in [0.25, 0.3) is 16.2 Å². The Labute approximate surface area is 186 Å². The standard InChI is InChI=1S/C15H15O18P/c16-4(17)13(5(18)19,6(20)21)1-34(2-14(7(22)23,8(24)25)9(26)27)3-15(10(28)29,11(30)31)12(32)33/h1-3H2,(H,16,17)(H,18,19)(H,20,21)(H,22,23)(H,24,25)(H,26,27)(H,28,29)(H,30,31)(H,32,33). The van der Waals surface area contributed by atoms with Gasteiger partial charge in [0.05, 0.1) is 0 Å². The molecule has 188 valence electrons. The minimum Gasteiger partial charge on any atom is -0.480 e. The second kappa shape index (κ2) is 10.1. The third-order valence-electron chi connectivity index (χ3n) is 4.67. The molecule has 0 bridgehead atoms. The molecule has 0 saturated heterocycles. The molecule has 34 heavy (non-hydrogen) atoms. The van der Waals surface area contributed by atoms with Gasteiger partial charge in [-0.2, -0.15) is 0 Å². The third-order valence-corrected chi connectivity index (χ3v) is 7.43. The van der Waals surface area contributed by atoms with Gasteiger partial charge in [-0.15, -0.1) is 0 Å². The van der Waals surface area contributed by atoms with Crippen LogP contribution in [0.2, 0.25) is 0 Å². The summed E-state index contributed by atoms with van der Waals surface area (Å²) in [6.07, 6.45) is -5.81. The van der Waals surface area contributed by atoms with Gasteiger partial charge >= 0.3 is 53.7 Å². The first-order valence-corrected chi connectivity index (χ1v) is 10.0. The molecule has 0 atom stereocenters. The molecule has 0 aromatic rings. The average Bonchev–Trinajstić information content (AvgIpc) is 2.64.